The van der Waals surface area contributed by atoms with E-state index in [1.807, 2.05) is 0 Å². The van der Waals surface area contributed by atoms with Crippen LogP contribution in [0.25, 0.3) is 0 Å². The molecule has 0 aromatic rings. The molecule has 0 aromatic carbocycles. The molecule has 0 aromatic heterocycles. The zero-order chi connectivity index (χ0) is 9.12. The van der Waals surface area contributed by atoms with Gasteiger partial charge in [-0.25, -0.2) is 0 Å². The summed E-state index contributed by atoms with van der Waals surface area (Å²) in [5.74, 6) is 0. The summed E-state index contributed by atoms with van der Waals surface area (Å²) in [6.07, 6.45) is 0. The molecule has 0 atom stereocenters. The van der Waals surface area contributed by atoms with Gasteiger partial charge >= 0.3 is 34.4 Å². The predicted octanol–water partition coefficient (Wildman–Crippen LogP) is 3.49. The summed E-state index contributed by atoms with van der Waals surface area (Å²) in [5, 5.41) is 7.57. The minimum absolute atomic E-state index is 0. The average Bonchev–Trinajstić information content (AvgIpc) is 1.20. The van der Waals surface area contributed by atoms with E-state index in [-0.39, 0.29) is 8.03 Å². The Kier molecular flexibility index (Phi) is 2.82. The van der Waals surface area contributed by atoms with Gasteiger partial charge in [-0.05, 0) is 6.92 Å². The van der Waals surface area contributed by atoms with Gasteiger partial charge < -0.3 is 5.11 Å². The molecule has 1 N–H and O–H groups in total. The van der Waals surface area contributed by atoms with Crippen LogP contribution in [0.1, 0.15) is 8.35 Å². The third kappa shape index (κ3) is 430000. The van der Waals surface area contributed by atoms with E-state index in [4.69, 9.17) is 5.11 Å². The first kappa shape index (κ1) is 12.6. The Morgan fingerprint density at radius 1 is 1.10 bits per heavy atom. The first-order valence-corrected chi connectivity index (χ1v) is 4.07. The Morgan fingerprint density at radius 3 is 1.10 bits per heavy atom. The van der Waals surface area contributed by atoms with Crippen LogP contribution in [0.5, 0.6) is 0 Å². The van der Waals surface area contributed by atoms with Gasteiger partial charge in [0.15, 0.2) is 0 Å². The van der Waals surface area contributed by atoms with E-state index < -0.39 is 7.81 Å². The van der Waals surface area contributed by atoms with Crippen molar-refractivity contribution in [2.75, 3.05) is 6.61 Å². The van der Waals surface area contributed by atoms with Crippen molar-refractivity contribution in [2.24, 2.45) is 0 Å². The SMILES string of the molecule is CCO.F[P-](F)(F)(F)(F)F.[H+]. The smallest absolute Gasteiger partial charge is 1.00 e. The zero-order valence-corrected chi connectivity index (χ0v) is 5.76. The summed E-state index contributed by atoms with van der Waals surface area (Å²) in [6, 6.07) is 0. The molecule has 0 aliphatic rings. The molecule has 8 heteroatoms. The van der Waals surface area contributed by atoms with Crippen molar-refractivity contribution in [3.63, 3.8) is 0 Å². The normalized spacial score (nSPS) is 18.0. The molecule has 0 aliphatic carbocycles. The Hall–Kier alpha value is -0.0300. The number of hydrogen-bond acceptors (Lipinski definition) is 1. The van der Waals surface area contributed by atoms with Crippen molar-refractivity contribution >= 4 is 7.81 Å². The van der Waals surface area contributed by atoms with Gasteiger partial charge in [-0.15, -0.1) is 0 Å². The van der Waals surface area contributed by atoms with Crippen LogP contribution in [-0.2, 0) is 0 Å². The summed E-state index contributed by atoms with van der Waals surface area (Å²) >= 11 is 0. The predicted molar refractivity (Wildman–Crippen MR) is 27.4 cm³/mol. The quantitative estimate of drug-likeness (QED) is 0.460. The van der Waals surface area contributed by atoms with E-state index in [9.17, 15) is 25.2 Å². The van der Waals surface area contributed by atoms with Crippen molar-refractivity contribution in [2.45, 2.75) is 6.92 Å². The second-order valence-electron chi connectivity index (χ2n) is 1.27. The molecule has 0 spiro atoms. The van der Waals surface area contributed by atoms with Crippen LogP contribution in [0.4, 0.5) is 25.2 Å². The fourth-order valence-electron chi connectivity index (χ4n) is 0. The number of rotatable bonds is 0. The van der Waals surface area contributed by atoms with Crippen LogP contribution in [-0.4, -0.2) is 11.7 Å². The van der Waals surface area contributed by atoms with Crippen molar-refractivity contribution in [3.05, 3.63) is 0 Å². The van der Waals surface area contributed by atoms with Crippen molar-refractivity contribution in [3.8, 4) is 0 Å². The van der Waals surface area contributed by atoms with Gasteiger partial charge in [0.1, 0.15) is 0 Å². The molecule has 0 bridgehead atoms. The van der Waals surface area contributed by atoms with Gasteiger partial charge in [0.2, 0.25) is 0 Å². The molecular weight excluding hydrogens is 185 g/mol. The number of aliphatic hydroxyl groups is 1. The van der Waals surface area contributed by atoms with E-state index in [1.165, 1.54) is 0 Å². The van der Waals surface area contributed by atoms with Crippen molar-refractivity contribution in [1.29, 1.82) is 0 Å². The van der Waals surface area contributed by atoms with E-state index in [1.54, 1.807) is 6.92 Å². The van der Waals surface area contributed by atoms with E-state index >= 15 is 0 Å². The second-order valence-corrected chi connectivity index (χ2v) is 3.19. The topological polar surface area (TPSA) is 20.2 Å². The van der Waals surface area contributed by atoms with Crippen molar-refractivity contribution < 1.29 is 31.7 Å². The van der Waals surface area contributed by atoms with Crippen molar-refractivity contribution in [1.82, 2.24) is 0 Å². The van der Waals surface area contributed by atoms with Gasteiger partial charge in [0.05, 0.1) is 0 Å². The van der Waals surface area contributed by atoms with Gasteiger partial charge in [-0.3, -0.25) is 0 Å². The van der Waals surface area contributed by atoms with E-state index in [0.29, 0.717) is 0 Å². The van der Waals surface area contributed by atoms with Gasteiger partial charge in [-0.2, -0.15) is 0 Å². The summed E-state index contributed by atoms with van der Waals surface area (Å²) in [6.45, 7) is 1.93. The minimum atomic E-state index is -10.7. The molecule has 0 saturated heterocycles. The number of aliphatic hydroxyl groups excluding tert-OH is 1. The van der Waals surface area contributed by atoms with Gasteiger partial charge in [-0.1, -0.05) is 0 Å². The maximum atomic E-state index is 9.87. The standard InChI is InChI=1S/C2H6O.F6P/c1-2-3;1-7(2,3,4,5)6/h3H,2H2,1H3;/q;-1/p+1. The minimum Gasteiger partial charge on any atom is 1.00 e. The fourth-order valence-corrected chi connectivity index (χ4v) is 0. The Labute approximate surface area is 54.4 Å². The van der Waals surface area contributed by atoms with Crippen LogP contribution in [0.2, 0.25) is 0 Å². The molecule has 0 rings (SSSR count). The first-order chi connectivity index (χ1) is 3.86. The summed E-state index contributed by atoms with van der Waals surface area (Å²) < 4.78 is 59.2. The number of hydrogen-bond donors (Lipinski definition) is 1. The third-order valence-electron chi connectivity index (χ3n) is 0. The first-order valence-electron chi connectivity index (χ1n) is 2.04. The average molecular weight is 192 g/mol. The summed E-state index contributed by atoms with van der Waals surface area (Å²) in [7, 11) is -10.7. The molecule has 0 heterocycles. The van der Waals surface area contributed by atoms with E-state index in [0.717, 1.165) is 0 Å². The largest absolute Gasteiger partial charge is 1.00 e. The Morgan fingerprint density at radius 2 is 1.10 bits per heavy atom. The molecule has 0 amide bonds. The molecule has 10 heavy (non-hydrogen) atoms. The molecule has 0 fully saturated rings. The molecule has 0 unspecified atom stereocenters. The summed E-state index contributed by atoms with van der Waals surface area (Å²) in [4.78, 5) is 0. The Balaban J connectivity index is -0.000000140. The zero-order valence-electron chi connectivity index (χ0n) is 5.87. The fraction of sp³-hybridized carbons (Fsp3) is 1.00. The second kappa shape index (κ2) is 2.23. The molecule has 0 aliphatic heterocycles. The van der Waals surface area contributed by atoms with Crippen LogP contribution >= 0.6 is 7.81 Å². The van der Waals surface area contributed by atoms with Gasteiger partial charge in [0, 0.05) is 6.61 Å². The Bertz CT molecular complexity index is 89.9. The maximum Gasteiger partial charge on any atom is 1.00 e. The van der Waals surface area contributed by atoms with Crippen LogP contribution < -0.4 is 0 Å². The van der Waals surface area contributed by atoms with Crippen LogP contribution in [0, 0.1) is 0 Å². The molecular formula is C2H7F6OP. The van der Waals surface area contributed by atoms with Crippen LogP contribution in [0.15, 0.2) is 0 Å². The number of halogens is 6. The monoisotopic (exact) mass is 192 g/mol. The molecule has 1 nitrogen and oxygen atoms in total. The third-order valence-corrected chi connectivity index (χ3v) is 0. The molecule has 0 radical (unpaired) electrons. The maximum absolute atomic E-state index is 10.7. The molecule has 0 saturated carbocycles. The summed E-state index contributed by atoms with van der Waals surface area (Å²) in [5.41, 5.74) is 0. The van der Waals surface area contributed by atoms with Crippen LogP contribution in [0.3, 0.4) is 0 Å². The van der Waals surface area contributed by atoms with Gasteiger partial charge in [0.25, 0.3) is 0 Å². The molecule has 68 valence electrons. The van der Waals surface area contributed by atoms with E-state index in [2.05, 4.69) is 0 Å².